The van der Waals surface area contributed by atoms with Gasteiger partial charge in [-0.05, 0) is 18.2 Å². The first-order valence-electron chi connectivity index (χ1n) is 6.04. The molecule has 2 rings (SSSR count). The molecule has 2 aromatic rings. The lowest BCUT2D eigenvalue weighted by atomic mass is 10.2. The molecule has 21 heavy (non-hydrogen) atoms. The van der Waals surface area contributed by atoms with Crippen LogP contribution in [0.15, 0.2) is 37.2 Å². The van der Waals surface area contributed by atoms with E-state index in [1.807, 2.05) is 6.20 Å². The number of rotatable bonds is 6. The highest BCUT2D eigenvalue weighted by Crippen LogP contribution is 2.26. The molecule has 0 unspecified atom stereocenters. The van der Waals surface area contributed by atoms with Crippen LogP contribution in [0.3, 0.4) is 0 Å². The van der Waals surface area contributed by atoms with E-state index < -0.39 is 10.0 Å². The lowest BCUT2D eigenvalue weighted by Crippen LogP contribution is -2.10. The summed E-state index contributed by atoms with van der Waals surface area (Å²) in [4.78, 5) is 0. The van der Waals surface area contributed by atoms with Crippen molar-refractivity contribution >= 4 is 39.2 Å². The molecule has 0 spiro atoms. The zero-order chi connectivity index (χ0) is 15.5. The Labute approximate surface area is 128 Å². The fraction of sp³-hybridized carbons (Fsp3) is 0.154. The van der Waals surface area contributed by atoms with Crippen molar-refractivity contribution in [2.24, 2.45) is 0 Å². The summed E-state index contributed by atoms with van der Waals surface area (Å²) in [5, 5.41) is 7.71. The Morgan fingerprint density at radius 2 is 2.24 bits per heavy atom. The Kier molecular flexibility index (Phi) is 4.54. The monoisotopic (exact) mass is 326 g/mol. The van der Waals surface area contributed by atoms with Crippen LogP contribution in [-0.4, -0.2) is 24.5 Å². The van der Waals surface area contributed by atoms with Gasteiger partial charge in [-0.2, -0.15) is 5.10 Å². The van der Waals surface area contributed by atoms with Crippen LogP contribution in [0.1, 0.15) is 5.56 Å². The Morgan fingerprint density at radius 3 is 2.86 bits per heavy atom. The standard InChI is InChI=1S/C13H15ClN4O2S/c1-3-18-9-10(8-16-18)7-15-13-6-11(4-5-12(13)14)17-21(2,19)20/h3-6,8-9,15,17H,1,7H2,2H3. The van der Waals surface area contributed by atoms with E-state index in [1.165, 1.54) is 0 Å². The molecule has 0 atom stereocenters. The molecule has 0 aliphatic rings. The van der Waals surface area contributed by atoms with Crippen LogP contribution < -0.4 is 10.0 Å². The van der Waals surface area contributed by atoms with Crippen LogP contribution in [0.25, 0.3) is 6.20 Å². The maximum Gasteiger partial charge on any atom is 0.229 e. The quantitative estimate of drug-likeness (QED) is 0.855. The third-order valence-corrected chi connectivity index (χ3v) is 3.53. The van der Waals surface area contributed by atoms with Gasteiger partial charge in [-0.1, -0.05) is 18.2 Å². The predicted octanol–water partition coefficient (Wildman–Crippen LogP) is 2.62. The van der Waals surface area contributed by atoms with E-state index in [9.17, 15) is 8.42 Å². The highest BCUT2D eigenvalue weighted by Gasteiger charge is 2.06. The van der Waals surface area contributed by atoms with Crippen molar-refractivity contribution < 1.29 is 8.42 Å². The molecule has 0 radical (unpaired) electrons. The Bertz CT molecular complexity index is 755. The number of hydrogen-bond donors (Lipinski definition) is 2. The summed E-state index contributed by atoms with van der Waals surface area (Å²) in [5.41, 5.74) is 2.04. The maximum atomic E-state index is 11.2. The van der Waals surface area contributed by atoms with Gasteiger partial charge in [-0.3, -0.25) is 4.72 Å². The fourth-order valence-corrected chi connectivity index (χ4v) is 2.44. The lowest BCUT2D eigenvalue weighted by molar-refractivity contribution is 0.607. The zero-order valence-corrected chi connectivity index (χ0v) is 12.9. The molecule has 0 aliphatic heterocycles. The third kappa shape index (κ3) is 4.51. The van der Waals surface area contributed by atoms with Crippen LogP contribution in [0, 0.1) is 0 Å². The minimum atomic E-state index is -3.32. The van der Waals surface area contributed by atoms with Gasteiger partial charge in [0, 0.05) is 24.5 Å². The van der Waals surface area contributed by atoms with Crippen LogP contribution >= 0.6 is 11.6 Å². The highest BCUT2D eigenvalue weighted by atomic mass is 35.5. The van der Waals surface area contributed by atoms with Crippen molar-refractivity contribution in [3.63, 3.8) is 0 Å². The Hall–Kier alpha value is -1.99. The smallest absolute Gasteiger partial charge is 0.229 e. The first kappa shape index (κ1) is 15.4. The van der Waals surface area contributed by atoms with Gasteiger partial charge in [0.25, 0.3) is 0 Å². The molecule has 2 N–H and O–H groups in total. The van der Waals surface area contributed by atoms with Gasteiger partial charge < -0.3 is 5.32 Å². The molecule has 0 aliphatic carbocycles. The number of nitrogens with zero attached hydrogens (tertiary/aromatic N) is 2. The van der Waals surface area contributed by atoms with E-state index in [1.54, 1.807) is 35.3 Å². The summed E-state index contributed by atoms with van der Waals surface area (Å²) >= 11 is 6.09. The van der Waals surface area contributed by atoms with Crippen LogP contribution in [0.4, 0.5) is 11.4 Å². The van der Waals surface area contributed by atoms with Crippen molar-refractivity contribution in [2.45, 2.75) is 6.54 Å². The second kappa shape index (κ2) is 6.19. The number of benzene rings is 1. The molecule has 0 saturated heterocycles. The number of halogens is 1. The van der Waals surface area contributed by atoms with Gasteiger partial charge >= 0.3 is 0 Å². The molecular weight excluding hydrogens is 312 g/mol. The zero-order valence-electron chi connectivity index (χ0n) is 11.4. The predicted molar refractivity (Wildman–Crippen MR) is 85.9 cm³/mol. The second-order valence-electron chi connectivity index (χ2n) is 4.43. The molecule has 6 nitrogen and oxygen atoms in total. The van der Waals surface area contributed by atoms with Gasteiger partial charge in [-0.25, -0.2) is 13.1 Å². The van der Waals surface area contributed by atoms with Crippen molar-refractivity contribution in [2.75, 3.05) is 16.3 Å². The van der Waals surface area contributed by atoms with Crippen LogP contribution in [0.5, 0.6) is 0 Å². The number of nitrogens with one attached hydrogen (secondary N) is 2. The normalized spacial score (nSPS) is 11.1. The van der Waals surface area contributed by atoms with Gasteiger partial charge in [-0.15, -0.1) is 0 Å². The van der Waals surface area contributed by atoms with Gasteiger partial charge in [0.05, 0.1) is 28.9 Å². The van der Waals surface area contributed by atoms with E-state index in [4.69, 9.17) is 11.6 Å². The van der Waals surface area contributed by atoms with E-state index in [0.29, 0.717) is 22.9 Å². The number of sulfonamides is 1. The Morgan fingerprint density at radius 1 is 1.48 bits per heavy atom. The minimum absolute atomic E-state index is 0.450. The van der Waals surface area contributed by atoms with Gasteiger partial charge in [0.2, 0.25) is 10.0 Å². The summed E-state index contributed by atoms with van der Waals surface area (Å²) in [6.07, 6.45) is 6.22. The lowest BCUT2D eigenvalue weighted by Gasteiger charge is -2.10. The highest BCUT2D eigenvalue weighted by molar-refractivity contribution is 7.92. The average Bonchev–Trinajstić information content (AvgIpc) is 2.86. The van der Waals surface area contributed by atoms with Crippen LogP contribution in [-0.2, 0) is 16.6 Å². The molecule has 0 amide bonds. The van der Waals surface area contributed by atoms with Crippen molar-refractivity contribution in [1.82, 2.24) is 9.78 Å². The van der Waals surface area contributed by atoms with Gasteiger partial charge in [0.15, 0.2) is 0 Å². The first-order chi connectivity index (χ1) is 9.87. The Balaban J connectivity index is 2.11. The topological polar surface area (TPSA) is 76.0 Å². The molecule has 1 aromatic carbocycles. The van der Waals surface area contributed by atoms with Gasteiger partial charge in [0.1, 0.15) is 0 Å². The maximum absolute atomic E-state index is 11.2. The van der Waals surface area contributed by atoms with Crippen molar-refractivity contribution in [3.8, 4) is 0 Å². The first-order valence-corrected chi connectivity index (χ1v) is 8.31. The van der Waals surface area contributed by atoms with Crippen LogP contribution in [0.2, 0.25) is 5.02 Å². The number of anilines is 2. The third-order valence-electron chi connectivity index (χ3n) is 2.59. The van der Waals surface area contributed by atoms with Crippen molar-refractivity contribution in [3.05, 3.63) is 47.8 Å². The number of aromatic nitrogens is 2. The molecule has 0 saturated carbocycles. The average molecular weight is 327 g/mol. The summed E-state index contributed by atoms with van der Waals surface area (Å²) in [7, 11) is -3.32. The largest absolute Gasteiger partial charge is 0.380 e. The second-order valence-corrected chi connectivity index (χ2v) is 6.59. The molecule has 1 aromatic heterocycles. The number of hydrogen-bond acceptors (Lipinski definition) is 4. The molecule has 0 fully saturated rings. The molecule has 1 heterocycles. The fourth-order valence-electron chi connectivity index (χ4n) is 1.70. The van der Waals surface area contributed by atoms with E-state index >= 15 is 0 Å². The van der Waals surface area contributed by atoms with E-state index in [0.717, 1.165) is 11.8 Å². The molecule has 112 valence electrons. The summed E-state index contributed by atoms with van der Waals surface area (Å²) in [6, 6.07) is 4.87. The summed E-state index contributed by atoms with van der Waals surface area (Å²) in [6.45, 7) is 4.13. The van der Waals surface area contributed by atoms with Crippen molar-refractivity contribution in [1.29, 1.82) is 0 Å². The molecule has 8 heteroatoms. The summed E-state index contributed by atoms with van der Waals surface area (Å²) in [5.74, 6) is 0. The summed E-state index contributed by atoms with van der Waals surface area (Å²) < 4.78 is 26.5. The molecular formula is C13H15ClN4O2S. The SMILES string of the molecule is C=Cn1cc(CNc2cc(NS(C)(=O)=O)ccc2Cl)cn1. The minimum Gasteiger partial charge on any atom is -0.380 e. The molecule has 0 bridgehead atoms. The van der Waals surface area contributed by atoms with E-state index in [2.05, 4.69) is 21.7 Å². The van der Waals surface area contributed by atoms with E-state index in [-0.39, 0.29) is 0 Å².